The number of rotatable bonds is 2. The second-order valence-corrected chi connectivity index (χ2v) is 1.04. The molecule has 0 aliphatic carbocycles. The van der Waals surface area contributed by atoms with Gasteiger partial charge in [-0.05, 0) is 0 Å². The van der Waals surface area contributed by atoms with E-state index in [-0.39, 0.29) is 42.5 Å². The van der Waals surface area contributed by atoms with Crippen LogP contribution in [0, 0.1) is 0 Å². The van der Waals surface area contributed by atoms with Gasteiger partial charge in [0.1, 0.15) is 0 Å². The zero-order valence-electron chi connectivity index (χ0n) is 4.43. The highest BCUT2D eigenvalue weighted by atomic mass is 16.7. The topological polar surface area (TPSA) is 35.5 Å². The van der Waals surface area contributed by atoms with Gasteiger partial charge < -0.3 is 9.47 Å². The van der Waals surface area contributed by atoms with Crippen LogP contribution in [-0.2, 0) is 14.3 Å². The first kappa shape index (κ1) is 31.5. The van der Waals surface area contributed by atoms with E-state index in [1.54, 1.807) is 0 Å². The quantitative estimate of drug-likeness (QED) is 0.470. The fourth-order valence-electron chi connectivity index (χ4n) is 0.142. The number of carbonyl (C=O) groups is 1. The van der Waals surface area contributed by atoms with Crippen LogP contribution in [0.3, 0.4) is 0 Å². The molecule has 0 aromatic carbocycles. The zero-order chi connectivity index (χ0) is 5.70. The largest absolute Gasteiger partial charge is 0.439 e. The van der Waals surface area contributed by atoms with Gasteiger partial charge in [-0.25, -0.2) is 0 Å². The van der Waals surface area contributed by atoms with E-state index in [0.717, 1.165) is 0 Å². The average molecular weight is 168 g/mol. The van der Waals surface area contributed by atoms with Crippen LogP contribution in [0.1, 0.15) is 36.6 Å². The van der Waals surface area contributed by atoms with Gasteiger partial charge >= 0.3 is 5.97 Å². The van der Waals surface area contributed by atoms with E-state index < -0.39 is 0 Å². The lowest BCUT2D eigenvalue weighted by atomic mass is 10.8. The van der Waals surface area contributed by atoms with Crippen LogP contribution >= 0.6 is 0 Å². The SMILES string of the molecule is C.C.C.C.COCOC(C)=O. The molecule has 0 spiro atoms. The van der Waals surface area contributed by atoms with Crippen LogP contribution < -0.4 is 0 Å². The number of hydrogen-bond acceptors (Lipinski definition) is 3. The Hall–Kier alpha value is -0.570. The van der Waals surface area contributed by atoms with Crippen molar-refractivity contribution in [3.05, 3.63) is 0 Å². The first-order valence-electron chi connectivity index (χ1n) is 1.89. The minimum absolute atomic E-state index is 0. The van der Waals surface area contributed by atoms with Crippen LogP contribution in [0.4, 0.5) is 0 Å². The number of ether oxygens (including phenoxy) is 2. The summed E-state index contributed by atoms with van der Waals surface area (Å²) in [4.78, 5) is 9.90. The molecule has 3 heteroatoms. The summed E-state index contributed by atoms with van der Waals surface area (Å²) in [5.41, 5.74) is 0. The van der Waals surface area contributed by atoms with E-state index in [9.17, 15) is 4.79 Å². The summed E-state index contributed by atoms with van der Waals surface area (Å²) in [6.45, 7) is 1.38. The van der Waals surface area contributed by atoms with E-state index in [0.29, 0.717) is 0 Å². The number of esters is 1. The van der Waals surface area contributed by atoms with E-state index in [1.165, 1.54) is 14.0 Å². The first-order valence-corrected chi connectivity index (χ1v) is 1.89. The molecule has 3 nitrogen and oxygen atoms in total. The smallest absolute Gasteiger partial charge is 0.304 e. The predicted octanol–water partition coefficient (Wildman–Crippen LogP) is 2.70. The molecule has 0 radical (unpaired) electrons. The average Bonchev–Trinajstić information content (AvgIpc) is 1.61. The molecule has 0 atom stereocenters. The molecular formula is C8H24O3. The molecule has 11 heavy (non-hydrogen) atoms. The van der Waals surface area contributed by atoms with Crippen LogP contribution in [0.5, 0.6) is 0 Å². The maximum absolute atomic E-state index is 9.90. The molecule has 0 saturated carbocycles. The second kappa shape index (κ2) is 22.7. The Morgan fingerprint density at radius 3 is 1.64 bits per heavy atom. The van der Waals surface area contributed by atoms with Gasteiger partial charge in [-0.2, -0.15) is 0 Å². The zero-order valence-corrected chi connectivity index (χ0v) is 4.43. The van der Waals surface area contributed by atoms with Crippen molar-refractivity contribution in [1.82, 2.24) is 0 Å². The van der Waals surface area contributed by atoms with Crippen molar-refractivity contribution in [1.29, 1.82) is 0 Å². The summed E-state index contributed by atoms with van der Waals surface area (Å²) in [6, 6.07) is 0. The Morgan fingerprint density at radius 2 is 1.55 bits per heavy atom. The molecule has 0 heterocycles. The van der Waals surface area contributed by atoms with Gasteiger partial charge in [-0.15, -0.1) is 0 Å². The van der Waals surface area contributed by atoms with E-state index in [1.807, 2.05) is 0 Å². The Balaban J connectivity index is -0.0000000300. The Kier molecular flexibility index (Phi) is 65.0. The molecule has 0 amide bonds. The summed E-state index contributed by atoms with van der Waals surface area (Å²) in [5.74, 6) is -0.318. The summed E-state index contributed by atoms with van der Waals surface area (Å²) < 4.78 is 8.74. The van der Waals surface area contributed by atoms with Gasteiger partial charge in [-0.1, -0.05) is 29.7 Å². The van der Waals surface area contributed by atoms with Gasteiger partial charge in [0.25, 0.3) is 0 Å². The van der Waals surface area contributed by atoms with Gasteiger partial charge in [0.05, 0.1) is 0 Å². The third kappa shape index (κ3) is 44.2. The van der Waals surface area contributed by atoms with Gasteiger partial charge in [0, 0.05) is 14.0 Å². The van der Waals surface area contributed by atoms with Gasteiger partial charge in [0.15, 0.2) is 6.79 Å². The maximum Gasteiger partial charge on any atom is 0.304 e. The molecule has 0 unspecified atom stereocenters. The normalized spacial score (nSPS) is 5.27. The van der Waals surface area contributed by atoms with Crippen molar-refractivity contribution in [3.63, 3.8) is 0 Å². The molecule has 0 rings (SSSR count). The standard InChI is InChI=1S/C4H8O3.4CH4/c1-4(5)7-3-6-2;;;;/h3H2,1-2H3;4*1H4. The highest BCUT2D eigenvalue weighted by Gasteiger charge is 1.85. The lowest BCUT2D eigenvalue weighted by Crippen LogP contribution is -2.00. The van der Waals surface area contributed by atoms with Crippen molar-refractivity contribution < 1.29 is 14.3 Å². The Morgan fingerprint density at radius 1 is 1.18 bits per heavy atom. The van der Waals surface area contributed by atoms with Crippen molar-refractivity contribution in [2.45, 2.75) is 36.6 Å². The fraction of sp³-hybridized carbons (Fsp3) is 0.875. The fourth-order valence-corrected chi connectivity index (χ4v) is 0.142. The maximum atomic E-state index is 9.90. The molecule has 0 bridgehead atoms. The van der Waals surface area contributed by atoms with E-state index in [2.05, 4.69) is 9.47 Å². The lowest BCUT2D eigenvalue weighted by Gasteiger charge is -1.95. The van der Waals surface area contributed by atoms with Gasteiger partial charge in [0.2, 0.25) is 0 Å². The van der Waals surface area contributed by atoms with Crippen LogP contribution in [0.2, 0.25) is 0 Å². The molecule has 0 saturated heterocycles. The van der Waals surface area contributed by atoms with Crippen molar-refractivity contribution in [2.24, 2.45) is 0 Å². The third-order valence-electron chi connectivity index (χ3n) is 0.380. The first-order chi connectivity index (χ1) is 3.27. The summed E-state index contributed by atoms with van der Waals surface area (Å²) >= 11 is 0. The van der Waals surface area contributed by atoms with Crippen LogP contribution in [-0.4, -0.2) is 19.9 Å². The lowest BCUT2D eigenvalue weighted by molar-refractivity contribution is -0.151. The molecule has 0 N–H and O–H groups in total. The summed E-state index contributed by atoms with van der Waals surface area (Å²) in [7, 11) is 1.46. The van der Waals surface area contributed by atoms with Gasteiger partial charge in [-0.3, -0.25) is 4.79 Å². The summed E-state index contributed by atoms with van der Waals surface area (Å²) in [6.07, 6.45) is 0. The summed E-state index contributed by atoms with van der Waals surface area (Å²) in [5, 5.41) is 0. The number of carbonyl (C=O) groups excluding carboxylic acids is 1. The van der Waals surface area contributed by atoms with Crippen molar-refractivity contribution in [3.8, 4) is 0 Å². The second-order valence-electron chi connectivity index (χ2n) is 1.04. The molecule has 0 aromatic rings. The molecule has 74 valence electrons. The molecule has 0 aliphatic rings. The molecule has 0 aliphatic heterocycles. The van der Waals surface area contributed by atoms with Crippen LogP contribution in [0.25, 0.3) is 0 Å². The molecule has 0 fully saturated rings. The third-order valence-corrected chi connectivity index (χ3v) is 0.380. The number of hydrogen-bond donors (Lipinski definition) is 0. The van der Waals surface area contributed by atoms with E-state index >= 15 is 0 Å². The monoisotopic (exact) mass is 168 g/mol. The van der Waals surface area contributed by atoms with Crippen molar-refractivity contribution in [2.75, 3.05) is 13.9 Å². The van der Waals surface area contributed by atoms with E-state index in [4.69, 9.17) is 0 Å². The highest BCUT2D eigenvalue weighted by Crippen LogP contribution is 1.72. The molecule has 0 aromatic heterocycles. The minimum Gasteiger partial charge on any atom is -0.439 e. The van der Waals surface area contributed by atoms with Crippen molar-refractivity contribution >= 4 is 5.97 Å². The number of methoxy groups -OCH3 is 1. The Bertz CT molecular complexity index is 62.4. The van der Waals surface area contributed by atoms with Crippen LogP contribution in [0.15, 0.2) is 0 Å². The highest BCUT2D eigenvalue weighted by molar-refractivity contribution is 5.65. The minimum atomic E-state index is -0.318. The predicted molar refractivity (Wildman–Crippen MR) is 50.6 cm³/mol. The molecular weight excluding hydrogens is 144 g/mol. The Labute approximate surface area is 71.7 Å².